The maximum Gasteiger partial charge on any atom is 0.243 e. The number of nitrogens with zero attached hydrogens (tertiary/aromatic N) is 2. The van der Waals surface area contributed by atoms with Crippen molar-refractivity contribution < 1.29 is 21.6 Å². The summed E-state index contributed by atoms with van der Waals surface area (Å²) in [6, 6.07) is 12.7. The van der Waals surface area contributed by atoms with E-state index in [4.69, 9.17) is 16.3 Å². The Kier molecular flexibility index (Phi) is 8.01. The first-order chi connectivity index (χ1) is 16.2. The van der Waals surface area contributed by atoms with E-state index in [0.717, 1.165) is 25.7 Å². The second kappa shape index (κ2) is 10.6. The van der Waals surface area contributed by atoms with Gasteiger partial charge in [-0.05, 0) is 67.5 Å². The zero-order valence-corrected chi connectivity index (χ0v) is 21.7. The standard InChI is InChI=1S/C24H31ClN2O5S2/c1-19-6-4-14-26(16-19)33(28,29)22-10-12-23(13-11-22)34(30,31)27(18-21-8-5-15-32-21)17-20-7-2-3-9-24(20)25/h2-3,7,9-13,19,21H,4-6,8,14-18H2,1H3. The first kappa shape index (κ1) is 25.6. The van der Waals surface area contributed by atoms with Crippen molar-refractivity contribution >= 4 is 31.6 Å². The molecule has 0 aromatic heterocycles. The highest BCUT2D eigenvalue weighted by atomic mass is 35.5. The molecule has 2 aromatic rings. The van der Waals surface area contributed by atoms with E-state index in [9.17, 15) is 16.8 Å². The van der Waals surface area contributed by atoms with Crippen molar-refractivity contribution in [3.05, 3.63) is 59.1 Å². The molecule has 0 spiro atoms. The predicted octanol–water partition coefficient (Wildman–Crippen LogP) is 4.13. The van der Waals surface area contributed by atoms with E-state index in [1.54, 1.807) is 18.2 Å². The van der Waals surface area contributed by atoms with Crippen LogP contribution < -0.4 is 0 Å². The SMILES string of the molecule is CC1CCCN(S(=O)(=O)c2ccc(S(=O)(=O)N(Cc3ccccc3Cl)CC3CCCO3)cc2)C1. The molecule has 2 saturated heterocycles. The van der Waals surface area contributed by atoms with Crippen molar-refractivity contribution in [1.29, 1.82) is 0 Å². The highest BCUT2D eigenvalue weighted by Gasteiger charge is 2.32. The first-order valence-corrected chi connectivity index (χ1v) is 14.9. The molecule has 0 aliphatic carbocycles. The highest BCUT2D eigenvalue weighted by Crippen LogP contribution is 2.28. The first-order valence-electron chi connectivity index (χ1n) is 11.6. The van der Waals surface area contributed by atoms with Crippen LogP contribution in [-0.4, -0.2) is 57.8 Å². The van der Waals surface area contributed by atoms with Crippen LogP contribution in [0.5, 0.6) is 0 Å². The van der Waals surface area contributed by atoms with Crippen LogP contribution in [0.15, 0.2) is 58.3 Å². The van der Waals surface area contributed by atoms with Gasteiger partial charge in [0.2, 0.25) is 20.0 Å². The molecule has 7 nitrogen and oxygen atoms in total. The minimum absolute atomic E-state index is 0.0449. The Balaban J connectivity index is 1.60. The number of piperidine rings is 1. The Bertz CT molecular complexity index is 1200. The summed E-state index contributed by atoms with van der Waals surface area (Å²) in [5.41, 5.74) is 0.698. The summed E-state index contributed by atoms with van der Waals surface area (Å²) >= 11 is 6.31. The molecule has 0 N–H and O–H groups in total. The van der Waals surface area contributed by atoms with Gasteiger partial charge in [-0.3, -0.25) is 0 Å². The summed E-state index contributed by atoms with van der Waals surface area (Å²) in [4.78, 5) is 0.154. The third-order valence-corrected chi connectivity index (χ3v) is 10.5. The molecule has 34 heavy (non-hydrogen) atoms. The molecule has 2 aromatic carbocycles. The quantitative estimate of drug-likeness (QED) is 0.516. The molecule has 2 atom stereocenters. The van der Waals surface area contributed by atoms with E-state index >= 15 is 0 Å². The van der Waals surface area contributed by atoms with Gasteiger partial charge >= 0.3 is 0 Å². The lowest BCUT2D eigenvalue weighted by Crippen LogP contribution is -2.39. The largest absolute Gasteiger partial charge is 0.377 e. The summed E-state index contributed by atoms with van der Waals surface area (Å²) in [6.07, 6.45) is 3.34. The Labute approximate surface area is 207 Å². The van der Waals surface area contributed by atoms with Crippen molar-refractivity contribution in [3.63, 3.8) is 0 Å². The molecule has 0 bridgehead atoms. The van der Waals surface area contributed by atoms with Crippen molar-refractivity contribution in [2.45, 2.75) is 55.0 Å². The number of hydrogen-bond donors (Lipinski definition) is 0. The molecule has 4 rings (SSSR count). The van der Waals surface area contributed by atoms with Gasteiger partial charge in [-0.15, -0.1) is 0 Å². The second-order valence-corrected chi connectivity index (χ2v) is 13.4. The average molecular weight is 527 g/mol. The van der Waals surface area contributed by atoms with Crippen molar-refractivity contribution in [3.8, 4) is 0 Å². The van der Waals surface area contributed by atoms with E-state index in [1.165, 1.54) is 32.9 Å². The molecule has 0 amide bonds. The van der Waals surface area contributed by atoms with Crippen LogP contribution in [0.3, 0.4) is 0 Å². The van der Waals surface area contributed by atoms with E-state index in [0.29, 0.717) is 36.2 Å². The number of ether oxygens (including phenoxy) is 1. The Morgan fingerprint density at radius 2 is 1.71 bits per heavy atom. The molecule has 186 valence electrons. The molecule has 10 heteroatoms. The molecule has 0 radical (unpaired) electrons. The molecule has 2 unspecified atom stereocenters. The summed E-state index contributed by atoms with van der Waals surface area (Å²) in [6.45, 7) is 3.94. The van der Waals surface area contributed by atoms with E-state index in [1.807, 2.05) is 13.0 Å². The Morgan fingerprint density at radius 1 is 1.00 bits per heavy atom. The summed E-state index contributed by atoms with van der Waals surface area (Å²) in [5.74, 6) is 0.305. The van der Waals surface area contributed by atoms with E-state index in [-0.39, 0.29) is 29.0 Å². The maximum atomic E-state index is 13.6. The maximum absolute atomic E-state index is 13.6. The zero-order valence-electron chi connectivity index (χ0n) is 19.3. The summed E-state index contributed by atoms with van der Waals surface area (Å²) in [7, 11) is -7.58. The zero-order chi connectivity index (χ0) is 24.3. The molecular weight excluding hydrogens is 496 g/mol. The number of benzene rings is 2. The topological polar surface area (TPSA) is 84.0 Å². The molecule has 2 heterocycles. The number of hydrogen-bond acceptors (Lipinski definition) is 5. The molecular formula is C24H31ClN2O5S2. The highest BCUT2D eigenvalue weighted by molar-refractivity contribution is 7.89. The number of sulfonamides is 2. The van der Waals surface area contributed by atoms with Crippen LogP contribution >= 0.6 is 11.6 Å². The van der Waals surface area contributed by atoms with Crippen LogP contribution in [0.4, 0.5) is 0 Å². The smallest absolute Gasteiger partial charge is 0.243 e. The van der Waals surface area contributed by atoms with Gasteiger partial charge in [-0.2, -0.15) is 8.61 Å². The van der Waals surface area contributed by atoms with Gasteiger partial charge < -0.3 is 4.74 Å². The number of rotatable bonds is 8. The van der Waals surface area contributed by atoms with Crippen LogP contribution in [-0.2, 0) is 31.3 Å². The lowest BCUT2D eigenvalue weighted by atomic mass is 10.0. The summed E-state index contributed by atoms with van der Waals surface area (Å²) < 4.78 is 61.9. The minimum atomic E-state index is -3.91. The van der Waals surface area contributed by atoms with Crippen molar-refractivity contribution in [2.75, 3.05) is 26.2 Å². The van der Waals surface area contributed by atoms with Crippen LogP contribution in [0, 0.1) is 5.92 Å². The van der Waals surface area contributed by atoms with Crippen LogP contribution in [0.2, 0.25) is 5.02 Å². The Morgan fingerprint density at radius 3 is 2.35 bits per heavy atom. The van der Waals surface area contributed by atoms with Gasteiger partial charge in [-0.25, -0.2) is 16.8 Å². The fourth-order valence-corrected chi connectivity index (χ4v) is 7.77. The third-order valence-electron chi connectivity index (χ3n) is 6.45. The van der Waals surface area contributed by atoms with Crippen molar-refractivity contribution in [1.82, 2.24) is 8.61 Å². The summed E-state index contributed by atoms with van der Waals surface area (Å²) in [5, 5.41) is 0.493. The molecule has 2 fully saturated rings. The lowest BCUT2D eigenvalue weighted by Gasteiger charge is -2.30. The lowest BCUT2D eigenvalue weighted by molar-refractivity contribution is 0.0926. The third kappa shape index (κ3) is 5.66. The predicted molar refractivity (Wildman–Crippen MR) is 132 cm³/mol. The molecule has 0 saturated carbocycles. The van der Waals surface area contributed by atoms with Gasteiger partial charge in [0, 0.05) is 37.8 Å². The fraction of sp³-hybridized carbons (Fsp3) is 0.500. The number of halogens is 1. The van der Waals surface area contributed by atoms with E-state index < -0.39 is 20.0 Å². The molecule has 2 aliphatic heterocycles. The normalized spacial score (nSPS) is 22.3. The van der Waals surface area contributed by atoms with Gasteiger partial charge in [-0.1, -0.05) is 36.7 Å². The average Bonchev–Trinajstić information content (AvgIpc) is 3.33. The fourth-order valence-electron chi connectivity index (χ4n) is 4.53. The minimum Gasteiger partial charge on any atom is -0.377 e. The van der Waals surface area contributed by atoms with Gasteiger partial charge in [0.05, 0.1) is 15.9 Å². The van der Waals surface area contributed by atoms with E-state index in [2.05, 4.69) is 0 Å². The van der Waals surface area contributed by atoms with Gasteiger partial charge in [0.15, 0.2) is 0 Å². The van der Waals surface area contributed by atoms with Crippen molar-refractivity contribution in [2.24, 2.45) is 5.92 Å². The Hall–Kier alpha value is -1.49. The van der Waals surface area contributed by atoms with Gasteiger partial charge in [0.25, 0.3) is 0 Å². The molecule has 2 aliphatic rings. The second-order valence-electron chi connectivity index (χ2n) is 9.11. The van der Waals surface area contributed by atoms with Crippen LogP contribution in [0.1, 0.15) is 38.2 Å². The van der Waals surface area contributed by atoms with Gasteiger partial charge in [0.1, 0.15) is 0 Å². The van der Waals surface area contributed by atoms with Crippen LogP contribution in [0.25, 0.3) is 0 Å². The monoisotopic (exact) mass is 526 g/mol.